The maximum absolute atomic E-state index is 12.7. The predicted molar refractivity (Wildman–Crippen MR) is 96.8 cm³/mol. The van der Waals surface area contributed by atoms with Crippen LogP contribution in [-0.4, -0.2) is 45.2 Å². The number of carbonyl (C=O) groups is 1. The van der Waals surface area contributed by atoms with Crippen LogP contribution in [0, 0.1) is 5.92 Å². The fourth-order valence-electron chi connectivity index (χ4n) is 3.51. The van der Waals surface area contributed by atoms with E-state index in [2.05, 4.69) is 4.98 Å². The number of likely N-dealkylation sites (tertiary alicyclic amines) is 1. The van der Waals surface area contributed by atoms with Crippen molar-refractivity contribution in [2.24, 2.45) is 5.92 Å². The van der Waals surface area contributed by atoms with Crippen molar-refractivity contribution in [3.8, 4) is 5.69 Å². The Morgan fingerprint density at radius 3 is 2.76 bits per heavy atom. The summed E-state index contributed by atoms with van der Waals surface area (Å²) in [6, 6.07) is 15.6. The lowest BCUT2D eigenvalue weighted by molar-refractivity contribution is 0.0620. The van der Waals surface area contributed by atoms with E-state index >= 15 is 0 Å². The van der Waals surface area contributed by atoms with Crippen molar-refractivity contribution < 1.29 is 9.90 Å². The quantitative estimate of drug-likeness (QED) is 0.801. The van der Waals surface area contributed by atoms with E-state index in [1.54, 1.807) is 6.33 Å². The minimum atomic E-state index is 0.0418. The van der Waals surface area contributed by atoms with Gasteiger partial charge in [0.25, 0.3) is 5.91 Å². The number of imidazole rings is 1. The molecule has 1 aromatic heterocycles. The summed E-state index contributed by atoms with van der Waals surface area (Å²) < 4.78 is 2.02. The summed E-state index contributed by atoms with van der Waals surface area (Å²) in [5.74, 6) is 0.245. The Labute approximate surface area is 146 Å². The number of aliphatic hydroxyl groups excluding tert-OH is 1. The smallest absolute Gasteiger partial charge is 0.253 e. The van der Waals surface area contributed by atoms with Crippen molar-refractivity contribution >= 4 is 16.9 Å². The van der Waals surface area contributed by atoms with Gasteiger partial charge < -0.3 is 10.0 Å². The average Bonchev–Trinajstić information content (AvgIpc) is 3.12. The van der Waals surface area contributed by atoms with Gasteiger partial charge in [0.05, 0.1) is 11.0 Å². The highest BCUT2D eigenvalue weighted by Gasteiger charge is 2.23. The monoisotopic (exact) mass is 335 g/mol. The zero-order valence-electron chi connectivity index (χ0n) is 14.0. The van der Waals surface area contributed by atoms with Crippen LogP contribution in [0.1, 0.15) is 23.2 Å². The van der Waals surface area contributed by atoms with Crippen LogP contribution >= 0.6 is 0 Å². The second-order valence-electron chi connectivity index (χ2n) is 6.59. The van der Waals surface area contributed by atoms with Gasteiger partial charge in [-0.1, -0.05) is 12.1 Å². The molecule has 1 aliphatic rings. The minimum Gasteiger partial charge on any atom is -0.396 e. The Morgan fingerprint density at radius 2 is 1.96 bits per heavy atom. The summed E-state index contributed by atoms with van der Waals surface area (Å²) in [6.45, 7) is 1.56. The summed E-state index contributed by atoms with van der Waals surface area (Å²) in [4.78, 5) is 19.0. The molecule has 3 aromatic rings. The molecule has 4 rings (SSSR count). The molecule has 0 aliphatic carbocycles. The van der Waals surface area contributed by atoms with Gasteiger partial charge in [0.1, 0.15) is 6.33 Å². The van der Waals surface area contributed by atoms with Crippen molar-refractivity contribution in [2.75, 3.05) is 19.7 Å². The normalized spacial score (nSPS) is 17.8. The third-order valence-electron chi connectivity index (χ3n) is 4.91. The number of fused-ring (bicyclic) bond motifs is 1. The number of piperidine rings is 1. The summed E-state index contributed by atoms with van der Waals surface area (Å²) in [7, 11) is 0. The molecule has 5 heteroatoms. The molecule has 2 heterocycles. The van der Waals surface area contributed by atoms with Crippen LogP contribution in [0.2, 0.25) is 0 Å². The van der Waals surface area contributed by atoms with Gasteiger partial charge >= 0.3 is 0 Å². The van der Waals surface area contributed by atoms with Gasteiger partial charge in [-0.2, -0.15) is 0 Å². The number of rotatable bonds is 3. The average molecular weight is 335 g/mol. The molecule has 1 saturated heterocycles. The third kappa shape index (κ3) is 3.03. The van der Waals surface area contributed by atoms with E-state index < -0.39 is 0 Å². The Kier molecular flexibility index (Phi) is 4.24. The number of aromatic nitrogens is 2. The molecule has 1 amide bonds. The predicted octanol–water partition coefficient (Wildman–Crippen LogP) is 2.87. The number of hydrogen-bond acceptors (Lipinski definition) is 3. The molecule has 5 nitrogen and oxygen atoms in total. The van der Waals surface area contributed by atoms with Crippen LogP contribution in [0.5, 0.6) is 0 Å². The van der Waals surface area contributed by atoms with E-state index in [0.29, 0.717) is 12.1 Å². The van der Waals surface area contributed by atoms with E-state index in [1.165, 1.54) is 0 Å². The summed E-state index contributed by atoms with van der Waals surface area (Å²) in [5.41, 5.74) is 3.67. The highest BCUT2D eigenvalue weighted by atomic mass is 16.3. The molecule has 128 valence electrons. The molecular formula is C20H21N3O2. The van der Waals surface area contributed by atoms with Gasteiger partial charge in [0.2, 0.25) is 0 Å². The largest absolute Gasteiger partial charge is 0.396 e. The van der Waals surface area contributed by atoms with Gasteiger partial charge in [0.15, 0.2) is 0 Å². The fourth-order valence-corrected chi connectivity index (χ4v) is 3.51. The Hall–Kier alpha value is -2.66. The second kappa shape index (κ2) is 6.69. The van der Waals surface area contributed by atoms with Crippen molar-refractivity contribution in [1.29, 1.82) is 0 Å². The Bertz CT molecular complexity index is 885. The molecule has 1 aliphatic heterocycles. The first-order chi connectivity index (χ1) is 12.3. The topological polar surface area (TPSA) is 58.4 Å². The van der Waals surface area contributed by atoms with Gasteiger partial charge in [-0.05, 0) is 55.2 Å². The first-order valence-corrected chi connectivity index (χ1v) is 8.69. The molecule has 0 saturated carbocycles. The molecule has 1 N–H and O–H groups in total. The molecule has 0 spiro atoms. The highest BCUT2D eigenvalue weighted by molar-refractivity contribution is 5.94. The SMILES string of the molecule is O=C(c1ccc(-n2cnc3ccccc32)cc1)N1CCCC(CO)C1. The molecule has 0 radical (unpaired) electrons. The van der Waals surface area contributed by atoms with E-state index in [0.717, 1.165) is 36.1 Å². The summed E-state index contributed by atoms with van der Waals surface area (Å²) >= 11 is 0. The number of para-hydroxylation sites is 2. The molecule has 0 bridgehead atoms. The molecule has 1 unspecified atom stereocenters. The number of aliphatic hydroxyl groups is 1. The van der Waals surface area contributed by atoms with E-state index in [-0.39, 0.29) is 18.4 Å². The highest BCUT2D eigenvalue weighted by Crippen LogP contribution is 2.21. The van der Waals surface area contributed by atoms with Crippen LogP contribution in [-0.2, 0) is 0 Å². The molecule has 1 atom stereocenters. The number of hydrogen-bond donors (Lipinski definition) is 1. The van der Waals surface area contributed by atoms with Crippen LogP contribution < -0.4 is 0 Å². The summed E-state index contributed by atoms with van der Waals surface area (Å²) in [5, 5.41) is 9.34. The lowest BCUT2D eigenvalue weighted by Crippen LogP contribution is -2.40. The van der Waals surface area contributed by atoms with E-state index in [9.17, 15) is 9.90 Å². The lowest BCUT2D eigenvalue weighted by atomic mass is 9.98. The molecule has 25 heavy (non-hydrogen) atoms. The van der Waals surface area contributed by atoms with Crippen molar-refractivity contribution in [3.05, 3.63) is 60.4 Å². The van der Waals surface area contributed by atoms with Crippen LogP contribution in [0.25, 0.3) is 16.7 Å². The standard InChI is InChI=1S/C20H21N3O2/c24-13-15-4-3-11-22(12-15)20(25)16-7-9-17(10-8-16)23-14-21-18-5-1-2-6-19(18)23/h1-2,5-10,14-15,24H,3-4,11-13H2. The zero-order valence-corrected chi connectivity index (χ0v) is 14.0. The van der Waals surface area contributed by atoms with Crippen molar-refractivity contribution in [1.82, 2.24) is 14.5 Å². The third-order valence-corrected chi connectivity index (χ3v) is 4.91. The lowest BCUT2D eigenvalue weighted by Gasteiger charge is -2.32. The maximum Gasteiger partial charge on any atom is 0.253 e. The first-order valence-electron chi connectivity index (χ1n) is 8.69. The van der Waals surface area contributed by atoms with Crippen molar-refractivity contribution in [3.63, 3.8) is 0 Å². The zero-order chi connectivity index (χ0) is 17.2. The number of carbonyl (C=O) groups excluding carboxylic acids is 1. The molecule has 1 fully saturated rings. The number of amides is 1. The van der Waals surface area contributed by atoms with Gasteiger partial charge in [-0.25, -0.2) is 4.98 Å². The van der Waals surface area contributed by atoms with Gasteiger partial charge in [-0.15, -0.1) is 0 Å². The first kappa shape index (κ1) is 15.8. The van der Waals surface area contributed by atoms with Gasteiger partial charge in [0, 0.05) is 30.9 Å². The molecular weight excluding hydrogens is 314 g/mol. The number of benzene rings is 2. The Balaban J connectivity index is 1.56. The second-order valence-corrected chi connectivity index (χ2v) is 6.59. The maximum atomic E-state index is 12.7. The molecule has 2 aromatic carbocycles. The van der Waals surface area contributed by atoms with Crippen molar-refractivity contribution in [2.45, 2.75) is 12.8 Å². The fraction of sp³-hybridized carbons (Fsp3) is 0.300. The van der Waals surface area contributed by atoms with Crippen LogP contribution in [0.4, 0.5) is 0 Å². The van der Waals surface area contributed by atoms with E-state index in [4.69, 9.17) is 0 Å². The summed E-state index contributed by atoms with van der Waals surface area (Å²) in [6.07, 6.45) is 3.75. The van der Waals surface area contributed by atoms with E-state index in [1.807, 2.05) is 58.0 Å². The van der Waals surface area contributed by atoms with Crippen LogP contribution in [0.15, 0.2) is 54.9 Å². The van der Waals surface area contributed by atoms with Gasteiger partial charge in [-0.3, -0.25) is 9.36 Å². The number of nitrogens with zero attached hydrogens (tertiary/aromatic N) is 3. The Morgan fingerprint density at radius 1 is 1.16 bits per heavy atom. The van der Waals surface area contributed by atoms with Crippen LogP contribution in [0.3, 0.4) is 0 Å². The minimum absolute atomic E-state index is 0.0418.